The van der Waals surface area contributed by atoms with Crippen molar-refractivity contribution < 1.29 is 52.6 Å². The lowest BCUT2D eigenvalue weighted by molar-refractivity contribution is -0.120. The van der Waals surface area contributed by atoms with E-state index in [9.17, 15) is 38.4 Å². The van der Waals surface area contributed by atoms with E-state index in [1.54, 1.807) is 30.2 Å². The minimum atomic E-state index is 0.000165. The van der Waals surface area contributed by atoms with Crippen LogP contribution in [0.4, 0.5) is 62.8 Å². The van der Waals surface area contributed by atoms with E-state index in [-0.39, 0.29) is 138 Å². The Labute approximate surface area is 723 Å². The number of carbonyl (C=O) groups excluding carboxylic acids is 8. The van der Waals surface area contributed by atoms with Gasteiger partial charge in [-0.3, -0.25) is 43.3 Å². The summed E-state index contributed by atoms with van der Waals surface area (Å²) >= 11 is 0. The number of ether oxygens (including phenoxy) is 3. The fourth-order valence-electron chi connectivity index (χ4n) is 15.9. The molecule has 8 aromatic carbocycles. The fourth-order valence-corrected chi connectivity index (χ4v) is 15.9. The second-order valence-corrected chi connectivity index (χ2v) is 40.2. The summed E-state index contributed by atoms with van der Waals surface area (Å²) in [4.78, 5) is 106. The molecule has 8 aliphatic rings. The Bertz CT molecular complexity index is 5300. The molecule has 1 aromatic heterocycles. The summed E-state index contributed by atoms with van der Waals surface area (Å²) in [6.07, 6.45) is 7.28. The van der Waals surface area contributed by atoms with Gasteiger partial charge in [-0.05, 0) is 245 Å². The molecule has 642 valence electrons. The molecule has 8 unspecified atom stereocenters. The molecule has 9 aromatic rings. The van der Waals surface area contributed by atoms with Gasteiger partial charge in [-0.15, -0.1) is 0 Å². The summed E-state index contributed by atoms with van der Waals surface area (Å²) in [5, 5.41) is 24.1. The smallest absolute Gasteiger partial charge is 0.235 e. The molecule has 123 heavy (non-hydrogen) atoms. The van der Waals surface area contributed by atoms with Gasteiger partial charge in [-0.25, -0.2) is 4.98 Å². The topological polar surface area (TPSA) is 277 Å². The zero-order valence-electron chi connectivity index (χ0n) is 73.9. The molecule has 8 atom stereocenters. The highest BCUT2D eigenvalue weighted by atomic mass is 16.5. The average molecular weight is 1660 g/mol. The van der Waals surface area contributed by atoms with Crippen LogP contribution in [0.5, 0.6) is 28.7 Å². The molecule has 0 aliphatic heterocycles. The number of benzene rings is 8. The average Bonchev–Trinajstić information content (AvgIpc) is 1.59. The highest BCUT2D eigenvalue weighted by Gasteiger charge is 2.56. The van der Waals surface area contributed by atoms with Crippen LogP contribution in [0.1, 0.15) is 162 Å². The molecule has 8 fully saturated rings. The number of nitrogens with zero attached hydrogens (tertiary/aromatic N) is 2. The van der Waals surface area contributed by atoms with Crippen molar-refractivity contribution >= 4 is 110 Å². The molecule has 0 saturated heterocycles. The first kappa shape index (κ1) is 87.2. The summed E-state index contributed by atoms with van der Waals surface area (Å²) in [7, 11) is 1.58. The van der Waals surface area contributed by atoms with Gasteiger partial charge in [0.05, 0.1) is 29.9 Å². The maximum absolute atomic E-state index is 13.4. The first-order chi connectivity index (χ1) is 58.0. The van der Waals surface area contributed by atoms with Gasteiger partial charge in [-0.2, -0.15) is 0 Å². The maximum Gasteiger partial charge on any atom is 0.235 e. The molecular formula is C102H118N10O11. The zero-order chi connectivity index (χ0) is 88.1. The summed E-state index contributed by atoms with van der Waals surface area (Å²) in [6, 6.07) is 66.6. The van der Waals surface area contributed by atoms with E-state index in [2.05, 4.69) is 158 Å². The van der Waals surface area contributed by atoms with Crippen molar-refractivity contribution in [3.8, 4) is 39.9 Å². The van der Waals surface area contributed by atoms with Crippen molar-refractivity contribution in [2.45, 2.75) is 162 Å². The van der Waals surface area contributed by atoms with Gasteiger partial charge in [-0.1, -0.05) is 178 Å². The molecule has 0 bridgehead atoms. The largest absolute Gasteiger partial charge is 0.494 e. The third kappa shape index (κ3) is 21.9. The molecule has 21 nitrogen and oxygen atoms in total. The van der Waals surface area contributed by atoms with Crippen molar-refractivity contribution in [1.29, 1.82) is 0 Å². The minimum absolute atomic E-state index is 0.000165. The predicted molar refractivity (Wildman–Crippen MR) is 487 cm³/mol. The molecule has 8 aliphatic carbocycles. The van der Waals surface area contributed by atoms with Crippen LogP contribution in [-0.4, -0.2) is 59.4 Å². The standard InChI is InChI=1S/C36H36N2O4.C25H30N2O3.C24H29N3O2.C17H23N3O2/c1-35(2)21-31(35)33(39)37-25-9-17-29(18-10-25)41-27-13-5-23(6-14-27)24-7-15-28(16-8-24)42-30-19-11-26(12-20-30)38-34(40)32-22-36(32,3)4;1-24(2)14-18(24)22(28)26-20-12-11-17(13-21(20)30-5)27(16-9-7-6-8-10-16)23(29)19-15-25(19,3)4;1-23(2)13-17(23)21(28)26-16-10-11-19(25-15-8-6-5-7-9-15)20(12-16)27-22(29)18-14-24(18,3)4;1-16(2)8-10(16)14(21)19-12-6-5-7-13(18-12)20-15(22)11-9-17(11,3)4/h5-20,31-32H,21-22H2,1-4H3,(H,37,39)(H,38,40);6-13,18-19H,14-15H2,1-5H3,(H,26,28);5-12,17-18,25H,13-14H2,1-4H3,(H,26,28)(H,27,29);5-7,10-11H,8-9H2,1-4H3,(H2,18,19,20,21,22). The fraction of sp³-hybridized carbons (Fsp3) is 0.402. The lowest BCUT2D eigenvalue weighted by Gasteiger charge is -2.25. The Morgan fingerprint density at radius 2 is 0.602 bits per heavy atom. The van der Waals surface area contributed by atoms with E-state index < -0.39 is 0 Å². The molecular weight excluding hydrogens is 1540 g/mol. The van der Waals surface area contributed by atoms with Crippen LogP contribution in [0.15, 0.2) is 212 Å². The number of pyridine rings is 1. The second-order valence-electron chi connectivity index (χ2n) is 40.2. The van der Waals surface area contributed by atoms with Crippen LogP contribution in [0.25, 0.3) is 11.1 Å². The molecule has 21 heteroatoms. The van der Waals surface area contributed by atoms with E-state index in [0.29, 0.717) is 45.9 Å². The number of carbonyl (C=O) groups is 8. The maximum atomic E-state index is 13.4. The van der Waals surface area contributed by atoms with Crippen LogP contribution in [-0.2, 0) is 38.4 Å². The minimum Gasteiger partial charge on any atom is -0.494 e. The van der Waals surface area contributed by atoms with Crippen molar-refractivity contribution in [3.63, 3.8) is 0 Å². The molecule has 0 spiro atoms. The molecule has 8 amide bonds. The molecule has 17 rings (SSSR count). The zero-order valence-corrected chi connectivity index (χ0v) is 73.9. The number of amides is 8. The number of hydrogen-bond donors (Lipinski definition) is 8. The number of methoxy groups -OCH3 is 1. The lowest BCUT2D eigenvalue weighted by Crippen LogP contribution is -2.29. The summed E-state index contributed by atoms with van der Waals surface area (Å²) in [5.41, 5.74) is 9.58. The van der Waals surface area contributed by atoms with E-state index in [1.165, 1.54) is 0 Å². The van der Waals surface area contributed by atoms with Crippen molar-refractivity contribution in [1.82, 2.24) is 4.98 Å². The van der Waals surface area contributed by atoms with E-state index >= 15 is 0 Å². The van der Waals surface area contributed by atoms with Gasteiger partial charge >= 0.3 is 0 Å². The molecule has 0 radical (unpaired) electrons. The van der Waals surface area contributed by atoms with Crippen LogP contribution >= 0.6 is 0 Å². The number of nitrogens with one attached hydrogen (secondary N) is 8. The van der Waals surface area contributed by atoms with Gasteiger partial charge in [0, 0.05) is 81.8 Å². The van der Waals surface area contributed by atoms with Gasteiger partial charge < -0.3 is 56.7 Å². The monoisotopic (exact) mass is 1660 g/mol. The summed E-state index contributed by atoms with van der Waals surface area (Å²) < 4.78 is 17.6. The third-order valence-corrected chi connectivity index (χ3v) is 26.2. The number of para-hydroxylation sites is 2. The Morgan fingerprint density at radius 3 is 0.959 bits per heavy atom. The van der Waals surface area contributed by atoms with Crippen LogP contribution in [0, 0.1) is 90.7 Å². The SMILES string of the molecule is CC1(C)CC1C(=O)Nc1ccc(Nc2ccccc2)c(NC(=O)C2CC2(C)C)c1.CC1(C)CC1C(=O)Nc1ccc(Oc2ccc(-c3ccc(Oc4ccc(NC(=O)C5CC5(C)C)cc4)cc3)cc2)cc1.CC1(C)CC1C(=O)Nc1cccc(NC(=O)C2CC2(C)C)n1.COc1cc(N(C(=O)C2CC2(C)C)c2ccccc2)ccc1NC(=O)C1CC1(C)C. The quantitative estimate of drug-likeness (QED) is 0.0265. The van der Waals surface area contributed by atoms with Crippen molar-refractivity contribution in [2.75, 3.05) is 54.5 Å². The van der Waals surface area contributed by atoms with Gasteiger partial charge in [0.25, 0.3) is 0 Å². The predicted octanol–water partition coefficient (Wildman–Crippen LogP) is 22.7. The van der Waals surface area contributed by atoms with Crippen LogP contribution in [0.3, 0.4) is 0 Å². The highest BCUT2D eigenvalue weighted by molar-refractivity contribution is 6.05. The van der Waals surface area contributed by atoms with Crippen molar-refractivity contribution in [3.05, 3.63) is 212 Å². The normalized spacial score (nSPS) is 22.4. The Kier molecular flexibility index (Phi) is 24.1. The molecule has 1 heterocycles. The Morgan fingerprint density at radius 1 is 0.293 bits per heavy atom. The number of aromatic nitrogens is 1. The Balaban J connectivity index is 0.000000137. The summed E-state index contributed by atoms with van der Waals surface area (Å²) in [5.74, 6) is 5.13. The number of anilines is 11. The van der Waals surface area contributed by atoms with E-state index in [0.717, 1.165) is 108 Å². The van der Waals surface area contributed by atoms with Crippen LogP contribution in [0.2, 0.25) is 0 Å². The van der Waals surface area contributed by atoms with Gasteiger partial charge in [0.15, 0.2) is 0 Å². The first-order valence-electron chi connectivity index (χ1n) is 43.0. The van der Waals surface area contributed by atoms with E-state index in [4.69, 9.17) is 14.2 Å². The highest BCUT2D eigenvalue weighted by Crippen LogP contribution is 2.58. The third-order valence-electron chi connectivity index (χ3n) is 26.2. The molecule has 8 saturated carbocycles. The van der Waals surface area contributed by atoms with Crippen LogP contribution < -0.4 is 61.6 Å². The molecule has 8 N–H and O–H groups in total. The summed E-state index contributed by atoms with van der Waals surface area (Å²) in [6.45, 7) is 33.7. The lowest BCUT2D eigenvalue weighted by atomic mass is 10.1. The van der Waals surface area contributed by atoms with Gasteiger partial charge in [0.1, 0.15) is 40.4 Å². The Hall–Kier alpha value is -12.1. The second kappa shape index (κ2) is 33.9. The number of rotatable bonds is 25. The van der Waals surface area contributed by atoms with Gasteiger partial charge in [0.2, 0.25) is 47.3 Å². The van der Waals surface area contributed by atoms with E-state index in [1.807, 2.05) is 194 Å². The van der Waals surface area contributed by atoms with Crippen molar-refractivity contribution in [2.24, 2.45) is 90.7 Å². The number of hydrogen-bond acceptors (Lipinski definition) is 13. The first-order valence-corrected chi connectivity index (χ1v) is 43.0.